The van der Waals surface area contributed by atoms with Crippen molar-refractivity contribution in [3.8, 4) is 11.5 Å². The van der Waals surface area contributed by atoms with Gasteiger partial charge in [0.15, 0.2) is 11.5 Å². The molecule has 1 N–H and O–H groups in total. The summed E-state index contributed by atoms with van der Waals surface area (Å²) < 4.78 is 17.3. The van der Waals surface area contributed by atoms with Gasteiger partial charge in [-0.05, 0) is 25.0 Å². The number of nitrogens with one attached hydrogen (secondary N) is 1. The van der Waals surface area contributed by atoms with Crippen molar-refractivity contribution in [2.24, 2.45) is 0 Å². The van der Waals surface area contributed by atoms with Gasteiger partial charge in [-0.1, -0.05) is 12.1 Å². The van der Waals surface area contributed by atoms with E-state index in [-0.39, 0.29) is 28.3 Å². The second-order valence-corrected chi connectivity index (χ2v) is 7.34. The highest BCUT2D eigenvalue weighted by Crippen LogP contribution is 2.34. The smallest absolute Gasteiger partial charge is 0.340 e. The largest absolute Gasteiger partial charge is 0.493 e. The fourth-order valence-corrected chi connectivity index (χ4v) is 4.03. The fraction of sp³-hybridized carbons (Fsp3) is 0.261. The molecule has 8 heteroatoms. The number of carbonyl (C=O) groups excluding carboxylic acids is 2. The van der Waals surface area contributed by atoms with Crippen LogP contribution in [0.4, 0.5) is 5.69 Å². The van der Waals surface area contributed by atoms with Crippen LogP contribution in [0.5, 0.6) is 11.5 Å². The van der Waals surface area contributed by atoms with E-state index in [1.54, 1.807) is 12.3 Å². The first kappa shape index (κ1) is 20.5. The summed E-state index contributed by atoms with van der Waals surface area (Å²) in [4.78, 5) is 38.5. The molecule has 31 heavy (non-hydrogen) atoms. The number of esters is 1. The molecule has 1 amide bonds. The summed E-state index contributed by atoms with van der Waals surface area (Å²) in [5.74, 6) is -0.667. The summed E-state index contributed by atoms with van der Waals surface area (Å²) in [7, 11) is 4.12. The summed E-state index contributed by atoms with van der Waals surface area (Å²) in [6.45, 7) is 2.04. The number of rotatable bonds is 5. The summed E-state index contributed by atoms with van der Waals surface area (Å²) in [6, 6.07) is 8.55. The van der Waals surface area contributed by atoms with Crippen LogP contribution in [-0.4, -0.2) is 37.8 Å². The van der Waals surface area contributed by atoms with Crippen molar-refractivity contribution in [3.05, 3.63) is 63.4 Å². The average Bonchev–Trinajstić information content (AvgIpc) is 3.10. The van der Waals surface area contributed by atoms with Crippen LogP contribution >= 0.6 is 0 Å². The Kier molecular flexibility index (Phi) is 5.14. The molecule has 1 aromatic heterocycles. The van der Waals surface area contributed by atoms with E-state index in [1.165, 1.54) is 33.5 Å². The molecular formula is C23H22N2O6. The molecule has 2 heterocycles. The first-order valence-corrected chi connectivity index (χ1v) is 9.72. The maximum Gasteiger partial charge on any atom is 0.340 e. The molecule has 1 unspecified atom stereocenters. The first-order valence-electron chi connectivity index (χ1n) is 9.72. The summed E-state index contributed by atoms with van der Waals surface area (Å²) in [6.07, 6.45) is 2.38. The highest BCUT2D eigenvalue weighted by molar-refractivity contribution is 6.09. The van der Waals surface area contributed by atoms with Gasteiger partial charge in [-0.15, -0.1) is 0 Å². The molecule has 0 spiro atoms. The minimum Gasteiger partial charge on any atom is -0.493 e. The average molecular weight is 422 g/mol. The number of hydrogen-bond acceptors (Lipinski definition) is 6. The number of hydrogen-bond donors (Lipinski definition) is 1. The summed E-state index contributed by atoms with van der Waals surface area (Å²) in [5.41, 5.74) is 1.80. The van der Waals surface area contributed by atoms with E-state index in [0.717, 1.165) is 17.5 Å². The van der Waals surface area contributed by atoms with Gasteiger partial charge in [0.2, 0.25) is 5.43 Å². The number of nitrogens with zero attached hydrogens (tertiary/aromatic N) is 1. The number of anilines is 1. The number of methoxy groups -OCH3 is 3. The van der Waals surface area contributed by atoms with Crippen molar-refractivity contribution in [2.75, 3.05) is 26.6 Å². The number of para-hydroxylation sites is 1. The Hall–Kier alpha value is -3.81. The molecule has 3 aromatic rings. The van der Waals surface area contributed by atoms with Crippen molar-refractivity contribution in [1.82, 2.24) is 4.57 Å². The Morgan fingerprint density at radius 2 is 1.77 bits per heavy atom. The van der Waals surface area contributed by atoms with Gasteiger partial charge < -0.3 is 24.1 Å². The minimum absolute atomic E-state index is 0.0102. The lowest BCUT2D eigenvalue weighted by atomic mass is 10.1. The molecule has 1 aliphatic rings. The van der Waals surface area contributed by atoms with Crippen molar-refractivity contribution in [2.45, 2.75) is 19.4 Å². The normalized spacial score (nSPS) is 14.4. The van der Waals surface area contributed by atoms with Crippen LogP contribution < -0.4 is 20.2 Å². The molecule has 0 radical (unpaired) electrons. The molecule has 8 nitrogen and oxygen atoms in total. The SMILES string of the molecule is COC(=O)c1cc(OC)c(OC)cc1NC(=O)c1cn2c3c(cccc3c1=O)CC2C. The van der Waals surface area contributed by atoms with Crippen LogP contribution in [0.1, 0.15) is 39.2 Å². The van der Waals surface area contributed by atoms with Gasteiger partial charge in [0.25, 0.3) is 5.91 Å². The molecule has 0 fully saturated rings. The Morgan fingerprint density at radius 1 is 1.06 bits per heavy atom. The van der Waals surface area contributed by atoms with Gasteiger partial charge in [0, 0.05) is 29.8 Å². The third kappa shape index (κ3) is 3.30. The Bertz CT molecular complexity index is 1280. The topological polar surface area (TPSA) is 95.9 Å². The highest BCUT2D eigenvalue weighted by atomic mass is 16.5. The molecular weight excluding hydrogens is 400 g/mol. The second-order valence-electron chi connectivity index (χ2n) is 7.34. The zero-order valence-electron chi connectivity index (χ0n) is 17.6. The molecule has 2 aromatic carbocycles. The van der Waals surface area contributed by atoms with Gasteiger partial charge in [0.1, 0.15) is 5.56 Å². The second kappa shape index (κ2) is 7.79. The number of benzene rings is 2. The predicted octanol–water partition coefficient (Wildman–Crippen LogP) is 3.17. The van der Waals surface area contributed by atoms with Gasteiger partial charge in [-0.3, -0.25) is 9.59 Å². The number of pyridine rings is 1. The van der Waals surface area contributed by atoms with E-state index in [2.05, 4.69) is 5.32 Å². The minimum atomic E-state index is -0.664. The monoisotopic (exact) mass is 422 g/mol. The number of amides is 1. The molecule has 0 aliphatic carbocycles. The standard InChI is InChI=1S/C23H22N2O6/c1-12-8-13-6-5-7-14-20(13)25(12)11-16(21(14)26)22(27)24-17-10-19(30-3)18(29-2)9-15(17)23(28)31-4/h5-7,9-12H,8H2,1-4H3,(H,24,27). The number of carbonyl (C=O) groups is 2. The Balaban J connectivity index is 1.81. The van der Waals surface area contributed by atoms with Gasteiger partial charge in [-0.25, -0.2) is 4.79 Å². The third-order valence-corrected chi connectivity index (χ3v) is 5.55. The van der Waals surface area contributed by atoms with Crippen LogP contribution in [0.2, 0.25) is 0 Å². The number of ether oxygens (including phenoxy) is 3. The van der Waals surface area contributed by atoms with Crippen LogP contribution in [0.25, 0.3) is 10.9 Å². The lowest BCUT2D eigenvalue weighted by Gasteiger charge is -2.16. The van der Waals surface area contributed by atoms with E-state index in [9.17, 15) is 14.4 Å². The zero-order chi connectivity index (χ0) is 22.3. The molecule has 0 saturated heterocycles. The Labute approximate surface area is 178 Å². The van der Waals surface area contributed by atoms with Gasteiger partial charge in [0.05, 0.1) is 38.1 Å². The molecule has 0 saturated carbocycles. The van der Waals surface area contributed by atoms with Gasteiger partial charge >= 0.3 is 5.97 Å². The van der Waals surface area contributed by atoms with Crippen LogP contribution in [0.15, 0.2) is 41.3 Å². The predicted molar refractivity (Wildman–Crippen MR) is 115 cm³/mol. The quantitative estimate of drug-likeness (QED) is 0.635. The maximum atomic E-state index is 13.1. The van der Waals surface area contributed by atoms with Crippen LogP contribution in [-0.2, 0) is 11.2 Å². The van der Waals surface area contributed by atoms with E-state index in [4.69, 9.17) is 14.2 Å². The molecule has 160 valence electrons. The van der Waals surface area contributed by atoms with Crippen molar-refractivity contribution in [1.29, 1.82) is 0 Å². The van der Waals surface area contributed by atoms with E-state index < -0.39 is 11.9 Å². The van der Waals surface area contributed by atoms with E-state index >= 15 is 0 Å². The summed E-state index contributed by atoms with van der Waals surface area (Å²) >= 11 is 0. The van der Waals surface area contributed by atoms with Gasteiger partial charge in [-0.2, -0.15) is 0 Å². The van der Waals surface area contributed by atoms with E-state index in [1.807, 2.05) is 23.6 Å². The van der Waals surface area contributed by atoms with Crippen LogP contribution in [0, 0.1) is 0 Å². The van der Waals surface area contributed by atoms with E-state index in [0.29, 0.717) is 16.9 Å². The van der Waals surface area contributed by atoms with Crippen molar-refractivity contribution in [3.63, 3.8) is 0 Å². The number of aromatic nitrogens is 1. The molecule has 4 rings (SSSR count). The fourth-order valence-electron chi connectivity index (χ4n) is 4.03. The molecule has 1 atom stereocenters. The van der Waals surface area contributed by atoms with Crippen LogP contribution in [0.3, 0.4) is 0 Å². The van der Waals surface area contributed by atoms with Crippen molar-refractivity contribution < 1.29 is 23.8 Å². The van der Waals surface area contributed by atoms with Crippen molar-refractivity contribution >= 4 is 28.5 Å². The lowest BCUT2D eigenvalue weighted by molar-refractivity contribution is 0.0601. The first-order chi connectivity index (χ1) is 14.9. The Morgan fingerprint density at radius 3 is 2.45 bits per heavy atom. The maximum absolute atomic E-state index is 13.1. The third-order valence-electron chi connectivity index (χ3n) is 5.55. The molecule has 1 aliphatic heterocycles. The molecule has 0 bridgehead atoms. The lowest BCUT2D eigenvalue weighted by Crippen LogP contribution is -2.24. The zero-order valence-corrected chi connectivity index (χ0v) is 17.6. The summed E-state index contributed by atoms with van der Waals surface area (Å²) in [5, 5.41) is 3.16. The highest BCUT2D eigenvalue weighted by Gasteiger charge is 2.26.